The number of esters is 1. The normalized spacial score (nSPS) is 12.2. The summed E-state index contributed by atoms with van der Waals surface area (Å²) in [5, 5.41) is 8.64. The van der Waals surface area contributed by atoms with E-state index in [4.69, 9.17) is 5.26 Å². The number of hydrogen-bond donors (Lipinski definition) is 0. The van der Waals surface area contributed by atoms with Crippen molar-refractivity contribution >= 4 is 5.97 Å². The molecule has 4 heteroatoms. The summed E-state index contributed by atoms with van der Waals surface area (Å²) < 4.78 is 4.47. The van der Waals surface area contributed by atoms with E-state index in [-0.39, 0.29) is 18.6 Å². The van der Waals surface area contributed by atoms with Gasteiger partial charge in [0.25, 0.3) is 0 Å². The standard InChI is InChI=1S/C8H14N2O2/c1-4-7(5-9)10(2)6-8(11)12-3/h7H,4,6H2,1-3H3. The van der Waals surface area contributed by atoms with Crippen LogP contribution in [0.1, 0.15) is 13.3 Å². The Kier molecular flexibility index (Phi) is 5.06. The number of ether oxygens (including phenoxy) is 1. The lowest BCUT2D eigenvalue weighted by molar-refractivity contribution is -0.141. The fraction of sp³-hybridized carbons (Fsp3) is 0.750. The molecule has 0 aromatic carbocycles. The third-order valence-corrected chi connectivity index (χ3v) is 1.67. The summed E-state index contributed by atoms with van der Waals surface area (Å²) >= 11 is 0. The molecule has 0 aromatic rings. The molecule has 0 bridgehead atoms. The zero-order valence-corrected chi connectivity index (χ0v) is 7.70. The van der Waals surface area contributed by atoms with Crippen LogP contribution in [0.2, 0.25) is 0 Å². The molecule has 12 heavy (non-hydrogen) atoms. The maximum atomic E-state index is 10.8. The molecule has 1 atom stereocenters. The first-order chi connectivity index (χ1) is 5.65. The Balaban J connectivity index is 3.94. The minimum Gasteiger partial charge on any atom is -0.468 e. The molecular formula is C8H14N2O2. The highest BCUT2D eigenvalue weighted by molar-refractivity contribution is 5.71. The van der Waals surface area contributed by atoms with Gasteiger partial charge in [-0.15, -0.1) is 0 Å². The van der Waals surface area contributed by atoms with Gasteiger partial charge in [-0.25, -0.2) is 0 Å². The molecule has 0 saturated heterocycles. The molecule has 0 aliphatic rings. The second-order valence-corrected chi connectivity index (χ2v) is 2.54. The smallest absolute Gasteiger partial charge is 0.319 e. The van der Waals surface area contributed by atoms with Crippen LogP contribution in [0, 0.1) is 11.3 Å². The van der Waals surface area contributed by atoms with Gasteiger partial charge < -0.3 is 4.74 Å². The summed E-state index contributed by atoms with van der Waals surface area (Å²) in [5.41, 5.74) is 0. The Bertz CT molecular complexity index is 186. The Labute approximate surface area is 72.7 Å². The number of carbonyl (C=O) groups excluding carboxylic acids is 1. The molecule has 0 amide bonds. The molecular weight excluding hydrogens is 156 g/mol. The van der Waals surface area contributed by atoms with Gasteiger partial charge in [0.05, 0.1) is 25.8 Å². The van der Waals surface area contributed by atoms with Crippen molar-refractivity contribution in [1.29, 1.82) is 5.26 Å². The zero-order valence-electron chi connectivity index (χ0n) is 7.70. The zero-order chi connectivity index (χ0) is 9.56. The van der Waals surface area contributed by atoms with Gasteiger partial charge in [0.15, 0.2) is 0 Å². The third kappa shape index (κ3) is 3.35. The molecule has 0 saturated carbocycles. The van der Waals surface area contributed by atoms with Gasteiger partial charge in [0, 0.05) is 0 Å². The first kappa shape index (κ1) is 10.9. The van der Waals surface area contributed by atoms with Crippen molar-refractivity contribution in [2.75, 3.05) is 20.7 Å². The predicted molar refractivity (Wildman–Crippen MR) is 44.3 cm³/mol. The first-order valence-corrected chi connectivity index (χ1v) is 3.82. The highest BCUT2D eigenvalue weighted by Gasteiger charge is 2.14. The second kappa shape index (κ2) is 5.56. The largest absolute Gasteiger partial charge is 0.468 e. The van der Waals surface area contributed by atoms with E-state index >= 15 is 0 Å². The molecule has 0 heterocycles. The van der Waals surface area contributed by atoms with Gasteiger partial charge in [-0.3, -0.25) is 9.69 Å². The number of carbonyl (C=O) groups is 1. The lowest BCUT2D eigenvalue weighted by atomic mass is 10.2. The van der Waals surface area contributed by atoms with Gasteiger partial charge in [0.2, 0.25) is 0 Å². The molecule has 0 fully saturated rings. The van der Waals surface area contributed by atoms with Crippen LogP contribution in [0.5, 0.6) is 0 Å². The Morgan fingerprint density at radius 3 is 2.67 bits per heavy atom. The van der Waals surface area contributed by atoms with Gasteiger partial charge >= 0.3 is 5.97 Å². The summed E-state index contributed by atoms with van der Waals surface area (Å²) in [4.78, 5) is 12.5. The van der Waals surface area contributed by atoms with Crippen molar-refractivity contribution in [3.63, 3.8) is 0 Å². The van der Waals surface area contributed by atoms with Crippen LogP contribution >= 0.6 is 0 Å². The number of nitrogens with zero attached hydrogens (tertiary/aromatic N) is 2. The van der Waals surface area contributed by atoms with E-state index in [0.717, 1.165) is 0 Å². The topological polar surface area (TPSA) is 53.3 Å². The highest BCUT2D eigenvalue weighted by Crippen LogP contribution is 1.99. The quantitative estimate of drug-likeness (QED) is 0.573. The Morgan fingerprint density at radius 1 is 1.75 bits per heavy atom. The molecule has 0 radical (unpaired) electrons. The van der Waals surface area contributed by atoms with Crippen LogP contribution in [0.3, 0.4) is 0 Å². The lowest BCUT2D eigenvalue weighted by Gasteiger charge is -2.19. The van der Waals surface area contributed by atoms with Crippen molar-refractivity contribution < 1.29 is 9.53 Å². The molecule has 0 rings (SSSR count). The van der Waals surface area contributed by atoms with Crippen LogP contribution in [-0.2, 0) is 9.53 Å². The molecule has 0 N–H and O–H groups in total. The fourth-order valence-electron chi connectivity index (χ4n) is 0.880. The van der Waals surface area contributed by atoms with E-state index in [9.17, 15) is 4.79 Å². The molecule has 0 aromatic heterocycles. The summed E-state index contributed by atoms with van der Waals surface area (Å²) in [6, 6.07) is 1.89. The molecule has 4 nitrogen and oxygen atoms in total. The number of likely N-dealkylation sites (N-methyl/N-ethyl adjacent to an activating group) is 1. The lowest BCUT2D eigenvalue weighted by Crippen LogP contribution is -2.34. The molecule has 68 valence electrons. The van der Waals surface area contributed by atoms with E-state index < -0.39 is 0 Å². The van der Waals surface area contributed by atoms with Crippen LogP contribution in [-0.4, -0.2) is 37.6 Å². The van der Waals surface area contributed by atoms with Gasteiger partial charge in [-0.1, -0.05) is 6.92 Å². The van der Waals surface area contributed by atoms with Gasteiger partial charge in [-0.2, -0.15) is 5.26 Å². The minimum absolute atomic E-state index is 0.169. The van der Waals surface area contributed by atoms with Crippen LogP contribution < -0.4 is 0 Å². The molecule has 1 unspecified atom stereocenters. The maximum Gasteiger partial charge on any atom is 0.319 e. The summed E-state index contributed by atoms with van der Waals surface area (Å²) in [6.07, 6.45) is 0.712. The predicted octanol–water partition coefficient (Wildman–Crippen LogP) is 0.393. The molecule has 0 aliphatic heterocycles. The number of nitriles is 1. The first-order valence-electron chi connectivity index (χ1n) is 3.82. The summed E-state index contributed by atoms with van der Waals surface area (Å²) in [5.74, 6) is -0.314. The fourth-order valence-corrected chi connectivity index (χ4v) is 0.880. The van der Waals surface area contributed by atoms with Crippen molar-refractivity contribution in [1.82, 2.24) is 4.90 Å². The van der Waals surface area contributed by atoms with Crippen molar-refractivity contribution in [2.24, 2.45) is 0 Å². The molecule has 0 aliphatic carbocycles. The average molecular weight is 170 g/mol. The van der Waals surface area contributed by atoms with Gasteiger partial charge in [0.1, 0.15) is 0 Å². The van der Waals surface area contributed by atoms with Gasteiger partial charge in [-0.05, 0) is 13.5 Å². The monoisotopic (exact) mass is 170 g/mol. The van der Waals surface area contributed by atoms with Crippen molar-refractivity contribution in [3.8, 4) is 6.07 Å². The second-order valence-electron chi connectivity index (χ2n) is 2.54. The summed E-state index contributed by atoms with van der Waals surface area (Å²) in [6.45, 7) is 2.07. The SMILES string of the molecule is CCC(C#N)N(C)CC(=O)OC. The average Bonchev–Trinajstić information content (AvgIpc) is 2.06. The van der Waals surface area contributed by atoms with Crippen LogP contribution in [0.4, 0.5) is 0 Å². The van der Waals surface area contributed by atoms with E-state index in [1.807, 2.05) is 6.92 Å². The minimum atomic E-state index is -0.314. The Morgan fingerprint density at radius 2 is 2.33 bits per heavy atom. The number of methoxy groups -OCH3 is 1. The van der Waals surface area contributed by atoms with E-state index in [1.165, 1.54) is 7.11 Å². The Hall–Kier alpha value is -1.08. The van der Waals surface area contributed by atoms with Crippen molar-refractivity contribution in [3.05, 3.63) is 0 Å². The number of rotatable bonds is 4. The van der Waals surface area contributed by atoms with E-state index in [0.29, 0.717) is 6.42 Å². The third-order valence-electron chi connectivity index (χ3n) is 1.67. The van der Waals surface area contributed by atoms with Crippen LogP contribution in [0.15, 0.2) is 0 Å². The van der Waals surface area contributed by atoms with Crippen molar-refractivity contribution in [2.45, 2.75) is 19.4 Å². The maximum absolute atomic E-state index is 10.8. The van der Waals surface area contributed by atoms with Crippen LogP contribution in [0.25, 0.3) is 0 Å². The number of hydrogen-bond acceptors (Lipinski definition) is 4. The van der Waals surface area contributed by atoms with E-state index in [1.54, 1.807) is 11.9 Å². The highest BCUT2D eigenvalue weighted by atomic mass is 16.5. The molecule has 0 spiro atoms. The van der Waals surface area contributed by atoms with E-state index in [2.05, 4.69) is 10.8 Å². The summed E-state index contributed by atoms with van der Waals surface area (Å²) in [7, 11) is 3.07.